The zero-order valence-corrected chi connectivity index (χ0v) is 14.5. The standard InChI is InChI=1S/C17H10BrFN2O2S/c18-12-6-2-1-5-10(12)9-11-15(22)20-17(24)21(16(11)23)14-8-4-3-7-13(14)19/h1-9H,(H,20,22,24)/b11-9+. The molecule has 1 heterocycles. The Morgan fingerprint density at radius 3 is 2.46 bits per heavy atom. The third kappa shape index (κ3) is 3.00. The van der Waals surface area contributed by atoms with Gasteiger partial charge in [-0.1, -0.05) is 46.3 Å². The number of anilines is 1. The first-order valence-electron chi connectivity index (χ1n) is 6.89. The van der Waals surface area contributed by atoms with E-state index in [1.807, 2.05) is 6.07 Å². The van der Waals surface area contributed by atoms with Crippen LogP contribution in [0.4, 0.5) is 10.1 Å². The topological polar surface area (TPSA) is 49.4 Å². The molecule has 0 spiro atoms. The van der Waals surface area contributed by atoms with Crippen molar-refractivity contribution in [1.29, 1.82) is 0 Å². The van der Waals surface area contributed by atoms with Crippen molar-refractivity contribution >= 4 is 56.8 Å². The second-order valence-electron chi connectivity index (χ2n) is 4.93. The van der Waals surface area contributed by atoms with Gasteiger partial charge in [-0.05, 0) is 42.1 Å². The number of thiocarbonyl (C=S) groups is 1. The first-order chi connectivity index (χ1) is 11.5. The maximum Gasteiger partial charge on any atom is 0.270 e. The van der Waals surface area contributed by atoms with Gasteiger partial charge in [0.05, 0.1) is 5.69 Å². The summed E-state index contributed by atoms with van der Waals surface area (Å²) < 4.78 is 14.8. The largest absolute Gasteiger partial charge is 0.298 e. The summed E-state index contributed by atoms with van der Waals surface area (Å²) in [5.41, 5.74) is 0.515. The van der Waals surface area contributed by atoms with E-state index in [1.54, 1.807) is 24.3 Å². The smallest absolute Gasteiger partial charge is 0.270 e. The number of carbonyl (C=O) groups is 2. The second-order valence-corrected chi connectivity index (χ2v) is 6.17. The van der Waals surface area contributed by atoms with E-state index < -0.39 is 17.6 Å². The van der Waals surface area contributed by atoms with Crippen molar-refractivity contribution in [2.45, 2.75) is 0 Å². The van der Waals surface area contributed by atoms with E-state index in [0.29, 0.717) is 5.56 Å². The minimum absolute atomic E-state index is 0.00877. The van der Waals surface area contributed by atoms with Crippen molar-refractivity contribution in [2.75, 3.05) is 4.90 Å². The first kappa shape index (κ1) is 16.5. The van der Waals surface area contributed by atoms with Crippen molar-refractivity contribution in [3.8, 4) is 0 Å². The molecule has 0 aromatic heterocycles. The molecule has 1 aliphatic heterocycles. The number of halogens is 2. The van der Waals surface area contributed by atoms with E-state index in [9.17, 15) is 14.0 Å². The SMILES string of the molecule is O=C1NC(=S)N(c2ccccc2F)C(=O)/C1=C/c1ccccc1Br. The Kier molecular flexibility index (Phi) is 4.55. The molecule has 0 aliphatic carbocycles. The van der Waals surface area contributed by atoms with E-state index in [-0.39, 0.29) is 16.4 Å². The third-order valence-corrected chi connectivity index (χ3v) is 4.41. The van der Waals surface area contributed by atoms with Gasteiger partial charge in [0.1, 0.15) is 11.4 Å². The number of amides is 2. The van der Waals surface area contributed by atoms with Gasteiger partial charge in [-0.2, -0.15) is 0 Å². The molecule has 0 saturated carbocycles. The molecule has 4 nitrogen and oxygen atoms in total. The van der Waals surface area contributed by atoms with Gasteiger partial charge in [0.25, 0.3) is 11.8 Å². The molecule has 0 atom stereocenters. The lowest BCUT2D eigenvalue weighted by Crippen LogP contribution is -2.54. The van der Waals surface area contributed by atoms with Gasteiger partial charge >= 0.3 is 0 Å². The van der Waals surface area contributed by atoms with Crippen molar-refractivity contribution in [3.63, 3.8) is 0 Å². The molecule has 24 heavy (non-hydrogen) atoms. The molecule has 0 unspecified atom stereocenters. The molecule has 2 aromatic carbocycles. The fourth-order valence-electron chi connectivity index (χ4n) is 2.26. The predicted octanol–water partition coefficient (Wildman–Crippen LogP) is 3.42. The van der Waals surface area contributed by atoms with E-state index in [4.69, 9.17) is 12.2 Å². The highest BCUT2D eigenvalue weighted by molar-refractivity contribution is 9.10. The van der Waals surface area contributed by atoms with Gasteiger partial charge in [-0.25, -0.2) is 9.29 Å². The van der Waals surface area contributed by atoms with Crippen LogP contribution in [0.5, 0.6) is 0 Å². The molecular formula is C17H10BrFN2O2S. The fourth-order valence-corrected chi connectivity index (χ4v) is 2.93. The summed E-state index contributed by atoms with van der Waals surface area (Å²) >= 11 is 8.40. The minimum atomic E-state index is -0.676. The van der Waals surface area contributed by atoms with Crippen LogP contribution in [0.25, 0.3) is 6.08 Å². The van der Waals surface area contributed by atoms with Crippen LogP contribution in [0.2, 0.25) is 0 Å². The molecule has 1 fully saturated rings. The molecule has 7 heteroatoms. The second kappa shape index (κ2) is 6.62. The molecule has 0 radical (unpaired) electrons. The van der Waals surface area contributed by atoms with Crippen LogP contribution in [-0.4, -0.2) is 16.9 Å². The normalized spacial score (nSPS) is 16.5. The molecule has 1 N–H and O–H groups in total. The van der Waals surface area contributed by atoms with Gasteiger partial charge in [0.2, 0.25) is 0 Å². The maximum atomic E-state index is 14.0. The van der Waals surface area contributed by atoms with Crippen LogP contribution in [-0.2, 0) is 9.59 Å². The molecule has 120 valence electrons. The highest BCUT2D eigenvalue weighted by atomic mass is 79.9. The van der Waals surface area contributed by atoms with E-state index in [1.165, 1.54) is 24.3 Å². The monoisotopic (exact) mass is 404 g/mol. The Morgan fingerprint density at radius 1 is 1.08 bits per heavy atom. The van der Waals surface area contributed by atoms with Crippen LogP contribution in [0, 0.1) is 5.82 Å². The molecule has 1 aliphatic rings. The lowest BCUT2D eigenvalue weighted by atomic mass is 10.1. The van der Waals surface area contributed by atoms with E-state index >= 15 is 0 Å². The minimum Gasteiger partial charge on any atom is -0.298 e. The highest BCUT2D eigenvalue weighted by Gasteiger charge is 2.35. The Morgan fingerprint density at radius 2 is 1.75 bits per heavy atom. The summed E-state index contributed by atoms with van der Waals surface area (Å²) in [5.74, 6) is -1.90. The molecule has 2 aromatic rings. The average molecular weight is 405 g/mol. The van der Waals surface area contributed by atoms with Crippen LogP contribution in [0.15, 0.2) is 58.6 Å². The van der Waals surface area contributed by atoms with Crippen LogP contribution in [0.3, 0.4) is 0 Å². The van der Waals surface area contributed by atoms with Crippen molar-refractivity contribution in [1.82, 2.24) is 5.32 Å². The van der Waals surface area contributed by atoms with Gasteiger partial charge in [-0.15, -0.1) is 0 Å². The number of benzene rings is 2. The summed E-state index contributed by atoms with van der Waals surface area (Å²) in [5, 5.41) is 2.27. The molecule has 2 amide bonds. The van der Waals surface area contributed by atoms with Crippen molar-refractivity contribution in [3.05, 3.63) is 70.0 Å². The van der Waals surface area contributed by atoms with Crippen LogP contribution >= 0.6 is 28.1 Å². The molecular weight excluding hydrogens is 395 g/mol. The number of nitrogens with one attached hydrogen (secondary N) is 1. The Labute approximate surface area is 151 Å². The highest BCUT2D eigenvalue weighted by Crippen LogP contribution is 2.26. The number of rotatable bonds is 2. The van der Waals surface area contributed by atoms with Crippen molar-refractivity contribution in [2.24, 2.45) is 0 Å². The van der Waals surface area contributed by atoms with Crippen LogP contribution in [0.1, 0.15) is 5.56 Å². The zero-order chi connectivity index (χ0) is 17.3. The summed E-state index contributed by atoms with van der Waals surface area (Å²) in [6.07, 6.45) is 1.44. The quantitative estimate of drug-likeness (QED) is 0.473. The number of carbonyl (C=O) groups excluding carboxylic acids is 2. The Hall–Kier alpha value is -2.38. The van der Waals surface area contributed by atoms with Gasteiger partial charge < -0.3 is 0 Å². The number of para-hydroxylation sites is 1. The number of hydrogen-bond acceptors (Lipinski definition) is 3. The molecule has 3 rings (SSSR count). The lowest BCUT2D eigenvalue weighted by molar-refractivity contribution is -0.122. The summed E-state index contributed by atoms with van der Waals surface area (Å²) in [4.78, 5) is 25.9. The van der Waals surface area contributed by atoms with E-state index in [0.717, 1.165) is 9.37 Å². The molecule has 1 saturated heterocycles. The maximum absolute atomic E-state index is 14.0. The number of nitrogens with zero attached hydrogens (tertiary/aromatic N) is 1. The van der Waals surface area contributed by atoms with E-state index in [2.05, 4.69) is 21.2 Å². The van der Waals surface area contributed by atoms with Gasteiger partial charge in [0, 0.05) is 4.47 Å². The Balaban J connectivity index is 2.07. The first-order valence-corrected chi connectivity index (χ1v) is 8.09. The van der Waals surface area contributed by atoms with Crippen molar-refractivity contribution < 1.29 is 14.0 Å². The Bertz CT molecular complexity index is 898. The lowest BCUT2D eigenvalue weighted by Gasteiger charge is -2.29. The summed E-state index contributed by atoms with van der Waals surface area (Å²) in [6, 6.07) is 12.9. The fraction of sp³-hybridized carbons (Fsp3) is 0. The van der Waals surface area contributed by atoms with Gasteiger partial charge in [0.15, 0.2) is 5.11 Å². The summed E-state index contributed by atoms with van der Waals surface area (Å²) in [7, 11) is 0. The number of hydrogen-bond donors (Lipinski definition) is 1. The average Bonchev–Trinajstić information content (AvgIpc) is 2.54. The summed E-state index contributed by atoms with van der Waals surface area (Å²) in [6.45, 7) is 0. The van der Waals surface area contributed by atoms with Gasteiger partial charge in [-0.3, -0.25) is 14.9 Å². The van der Waals surface area contributed by atoms with Crippen LogP contribution < -0.4 is 10.2 Å². The zero-order valence-electron chi connectivity index (χ0n) is 12.1. The molecule has 0 bridgehead atoms. The third-order valence-electron chi connectivity index (χ3n) is 3.40. The predicted molar refractivity (Wildman–Crippen MR) is 96.7 cm³/mol.